The maximum absolute atomic E-state index is 11.4. The maximum atomic E-state index is 11.4. The average molecular weight is 236 g/mol. The normalized spacial score (nSPS) is 9.76. The summed E-state index contributed by atoms with van der Waals surface area (Å²) < 4.78 is 4.45. The fraction of sp³-hybridized carbons (Fsp3) is 0.333. The van der Waals surface area contributed by atoms with Crippen LogP contribution in [-0.2, 0) is 20.9 Å². The lowest BCUT2D eigenvalue weighted by atomic mass is 10.2. The molecule has 0 aliphatic heterocycles. The van der Waals surface area contributed by atoms with Gasteiger partial charge in [-0.1, -0.05) is 12.1 Å². The molecule has 0 spiro atoms. The van der Waals surface area contributed by atoms with E-state index in [1.807, 2.05) is 12.1 Å². The summed E-state index contributed by atoms with van der Waals surface area (Å²) in [4.78, 5) is 22.3. The van der Waals surface area contributed by atoms with Gasteiger partial charge < -0.3 is 15.8 Å². The van der Waals surface area contributed by atoms with Crippen LogP contribution in [0.1, 0.15) is 18.4 Å². The van der Waals surface area contributed by atoms with E-state index in [-0.39, 0.29) is 18.7 Å². The average Bonchev–Trinajstić information content (AvgIpc) is 2.36. The molecule has 0 saturated carbocycles. The molecular formula is C12H16N2O3. The van der Waals surface area contributed by atoms with Crippen molar-refractivity contribution in [1.82, 2.24) is 0 Å². The number of methoxy groups -OCH3 is 1. The van der Waals surface area contributed by atoms with Crippen molar-refractivity contribution in [3.05, 3.63) is 29.8 Å². The zero-order chi connectivity index (χ0) is 12.7. The van der Waals surface area contributed by atoms with Crippen LogP contribution >= 0.6 is 0 Å². The lowest BCUT2D eigenvalue weighted by Gasteiger charge is -2.05. The van der Waals surface area contributed by atoms with Crippen molar-refractivity contribution in [3.63, 3.8) is 0 Å². The monoisotopic (exact) mass is 236 g/mol. The molecule has 3 N–H and O–H groups in total. The molecule has 5 nitrogen and oxygen atoms in total. The van der Waals surface area contributed by atoms with Gasteiger partial charge in [-0.2, -0.15) is 0 Å². The van der Waals surface area contributed by atoms with Gasteiger partial charge >= 0.3 is 5.97 Å². The van der Waals surface area contributed by atoms with Gasteiger partial charge in [-0.3, -0.25) is 9.59 Å². The quantitative estimate of drug-likeness (QED) is 0.748. The standard InChI is InChI=1S/C12H16N2O3/c1-17-12(16)7-6-11(15)14-10-4-2-9(8-13)3-5-10/h2-5H,6-8,13H2,1H3,(H,14,15). The Morgan fingerprint density at radius 1 is 1.24 bits per heavy atom. The predicted octanol–water partition coefficient (Wildman–Crippen LogP) is 1.04. The van der Waals surface area contributed by atoms with Gasteiger partial charge in [-0.05, 0) is 17.7 Å². The molecule has 0 bridgehead atoms. The van der Waals surface area contributed by atoms with Gasteiger partial charge in [0.1, 0.15) is 0 Å². The van der Waals surface area contributed by atoms with E-state index in [0.717, 1.165) is 5.56 Å². The van der Waals surface area contributed by atoms with Crippen molar-refractivity contribution in [1.29, 1.82) is 0 Å². The molecule has 1 rings (SSSR count). The van der Waals surface area contributed by atoms with Crippen molar-refractivity contribution in [2.75, 3.05) is 12.4 Å². The topological polar surface area (TPSA) is 81.4 Å². The first-order valence-electron chi connectivity index (χ1n) is 5.31. The summed E-state index contributed by atoms with van der Waals surface area (Å²) in [7, 11) is 1.30. The van der Waals surface area contributed by atoms with Gasteiger partial charge in [-0.25, -0.2) is 0 Å². The highest BCUT2D eigenvalue weighted by atomic mass is 16.5. The van der Waals surface area contributed by atoms with Crippen LogP contribution in [-0.4, -0.2) is 19.0 Å². The number of esters is 1. The van der Waals surface area contributed by atoms with Crippen molar-refractivity contribution in [2.24, 2.45) is 5.73 Å². The molecule has 0 radical (unpaired) electrons. The van der Waals surface area contributed by atoms with Crippen molar-refractivity contribution < 1.29 is 14.3 Å². The van der Waals surface area contributed by atoms with Crippen molar-refractivity contribution in [2.45, 2.75) is 19.4 Å². The van der Waals surface area contributed by atoms with E-state index in [0.29, 0.717) is 12.2 Å². The molecule has 0 unspecified atom stereocenters. The predicted molar refractivity (Wildman–Crippen MR) is 64.2 cm³/mol. The SMILES string of the molecule is COC(=O)CCC(=O)Nc1ccc(CN)cc1. The second-order valence-corrected chi connectivity index (χ2v) is 3.53. The van der Waals surface area contributed by atoms with Gasteiger partial charge in [0.2, 0.25) is 5.91 Å². The first-order valence-corrected chi connectivity index (χ1v) is 5.31. The van der Waals surface area contributed by atoms with Crippen LogP contribution in [0.5, 0.6) is 0 Å². The Kier molecular flexibility index (Phi) is 5.16. The Morgan fingerprint density at radius 2 is 1.88 bits per heavy atom. The molecule has 5 heteroatoms. The highest BCUT2D eigenvalue weighted by Gasteiger charge is 2.06. The smallest absolute Gasteiger partial charge is 0.306 e. The summed E-state index contributed by atoms with van der Waals surface area (Å²) in [6, 6.07) is 7.24. The fourth-order valence-corrected chi connectivity index (χ4v) is 1.27. The molecule has 0 aromatic heterocycles. The van der Waals surface area contributed by atoms with Crippen LogP contribution in [0, 0.1) is 0 Å². The number of carbonyl (C=O) groups is 2. The summed E-state index contributed by atoms with van der Waals surface area (Å²) in [6.07, 6.45) is 0.203. The molecule has 1 aromatic carbocycles. The number of nitrogens with one attached hydrogen (secondary N) is 1. The van der Waals surface area contributed by atoms with Crippen LogP contribution in [0.4, 0.5) is 5.69 Å². The minimum atomic E-state index is -0.390. The number of ether oxygens (including phenoxy) is 1. The lowest BCUT2D eigenvalue weighted by Crippen LogP contribution is -2.13. The van der Waals surface area contributed by atoms with E-state index in [1.54, 1.807) is 12.1 Å². The second-order valence-electron chi connectivity index (χ2n) is 3.53. The molecule has 17 heavy (non-hydrogen) atoms. The maximum Gasteiger partial charge on any atom is 0.306 e. The summed E-state index contributed by atoms with van der Waals surface area (Å²) >= 11 is 0. The molecule has 1 aromatic rings. The molecule has 0 aliphatic carbocycles. The first kappa shape index (κ1) is 13.2. The minimum Gasteiger partial charge on any atom is -0.469 e. The van der Waals surface area contributed by atoms with E-state index in [9.17, 15) is 9.59 Å². The van der Waals surface area contributed by atoms with Crippen LogP contribution in [0.15, 0.2) is 24.3 Å². The Morgan fingerprint density at radius 3 is 2.41 bits per heavy atom. The van der Waals surface area contributed by atoms with E-state index < -0.39 is 5.97 Å². The third kappa shape index (κ3) is 4.65. The molecule has 0 aliphatic rings. The molecule has 92 valence electrons. The van der Waals surface area contributed by atoms with Crippen LogP contribution in [0.3, 0.4) is 0 Å². The van der Waals surface area contributed by atoms with E-state index in [2.05, 4.69) is 10.1 Å². The Labute approximate surface area is 99.9 Å². The van der Waals surface area contributed by atoms with Gasteiger partial charge in [0, 0.05) is 18.7 Å². The van der Waals surface area contributed by atoms with Crippen LogP contribution in [0.2, 0.25) is 0 Å². The first-order chi connectivity index (χ1) is 8.15. The molecule has 0 saturated heterocycles. The van der Waals surface area contributed by atoms with E-state index in [1.165, 1.54) is 7.11 Å². The molecule has 1 amide bonds. The van der Waals surface area contributed by atoms with E-state index >= 15 is 0 Å². The number of carbonyl (C=O) groups excluding carboxylic acids is 2. The summed E-state index contributed by atoms with van der Waals surface area (Å²) in [5, 5.41) is 2.69. The molecule has 0 atom stereocenters. The highest BCUT2D eigenvalue weighted by molar-refractivity contribution is 5.92. The molecular weight excluding hydrogens is 220 g/mol. The third-order valence-corrected chi connectivity index (χ3v) is 2.26. The minimum absolute atomic E-state index is 0.0865. The zero-order valence-corrected chi connectivity index (χ0v) is 9.73. The highest BCUT2D eigenvalue weighted by Crippen LogP contribution is 2.09. The Balaban J connectivity index is 2.42. The second kappa shape index (κ2) is 6.65. The number of hydrogen-bond donors (Lipinski definition) is 2. The number of benzene rings is 1. The zero-order valence-electron chi connectivity index (χ0n) is 9.73. The number of amides is 1. The molecule has 0 heterocycles. The summed E-state index contributed by atoms with van der Waals surface area (Å²) in [5.41, 5.74) is 7.15. The number of nitrogens with two attached hydrogens (primary N) is 1. The van der Waals surface area contributed by atoms with Gasteiger partial charge in [0.15, 0.2) is 0 Å². The van der Waals surface area contributed by atoms with Crippen LogP contribution in [0.25, 0.3) is 0 Å². The lowest BCUT2D eigenvalue weighted by molar-refractivity contribution is -0.141. The summed E-state index contributed by atoms with van der Waals surface area (Å²) in [6.45, 7) is 0.469. The van der Waals surface area contributed by atoms with Crippen molar-refractivity contribution >= 4 is 17.6 Å². The van der Waals surface area contributed by atoms with Gasteiger partial charge in [-0.15, -0.1) is 0 Å². The fourth-order valence-electron chi connectivity index (χ4n) is 1.27. The third-order valence-electron chi connectivity index (χ3n) is 2.26. The number of anilines is 1. The number of hydrogen-bond acceptors (Lipinski definition) is 4. The van der Waals surface area contributed by atoms with Crippen LogP contribution < -0.4 is 11.1 Å². The number of rotatable bonds is 5. The molecule has 0 fully saturated rings. The Bertz CT molecular complexity index is 387. The van der Waals surface area contributed by atoms with Crippen molar-refractivity contribution in [3.8, 4) is 0 Å². The van der Waals surface area contributed by atoms with Gasteiger partial charge in [0.05, 0.1) is 13.5 Å². The van der Waals surface area contributed by atoms with Gasteiger partial charge in [0.25, 0.3) is 0 Å². The largest absolute Gasteiger partial charge is 0.469 e. The Hall–Kier alpha value is -1.88. The van der Waals surface area contributed by atoms with E-state index in [4.69, 9.17) is 5.73 Å². The summed E-state index contributed by atoms with van der Waals surface area (Å²) in [5.74, 6) is -0.602.